The second kappa shape index (κ2) is 9.41. The number of hydrogen-bond donors (Lipinski definition) is 3. The van der Waals surface area contributed by atoms with Crippen molar-refractivity contribution in [3.8, 4) is 0 Å². The van der Waals surface area contributed by atoms with Gasteiger partial charge in [-0.3, -0.25) is 19.5 Å². The number of hydrogen-bond acceptors (Lipinski definition) is 6. The van der Waals surface area contributed by atoms with Crippen LogP contribution in [-0.2, 0) is 4.79 Å². The van der Waals surface area contributed by atoms with E-state index in [1.165, 1.54) is 0 Å². The van der Waals surface area contributed by atoms with Crippen molar-refractivity contribution in [2.24, 2.45) is 0 Å². The van der Waals surface area contributed by atoms with Gasteiger partial charge in [-0.1, -0.05) is 0 Å². The zero-order chi connectivity index (χ0) is 21.0. The monoisotopic (exact) mass is 415 g/mol. The Morgan fingerprint density at radius 1 is 1.13 bits per heavy atom. The topological polar surface area (TPSA) is 97.8 Å². The molecule has 0 aliphatic carbocycles. The molecule has 8 nitrogen and oxygen atoms in total. The van der Waals surface area contributed by atoms with Gasteiger partial charge in [0.1, 0.15) is 5.54 Å². The van der Waals surface area contributed by atoms with Gasteiger partial charge in [-0.15, -0.1) is 0 Å². The number of fused-ring (bicyclic) bond motifs is 1. The number of carbonyl (C=O) groups is 2. The number of rotatable bonds is 6. The summed E-state index contributed by atoms with van der Waals surface area (Å²) < 4.78 is 0. The number of pyridine rings is 1. The van der Waals surface area contributed by atoms with Gasteiger partial charge in [0.25, 0.3) is 5.91 Å². The van der Waals surface area contributed by atoms with Gasteiger partial charge in [0, 0.05) is 56.2 Å². The molecular formula is C22H33N5O3. The molecule has 164 valence electrons. The Morgan fingerprint density at radius 2 is 1.90 bits per heavy atom. The molecule has 3 aliphatic rings. The molecule has 4 heterocycles. The minimum atomic E-state index is -0.427. The number of nitrogens with one attached hydrogen (secondary N) is 2. The van der Waals surface area contributed by atoms with E-state index < -0.39 is 5.54 Å². The lowest BCUT2D eigenvalue weighted by molar-refractivity contribution is -0.134. The first-order valence-corrected chi connectivity index (χ1v) is 11.2. The van der Waals surface area contributed by atoms with Crippen molar-refractivity contribution < 1.29 is 14.7 Å². The summed E-state index contributed by atoms with van der Waals surface area (Å²) in [6.07, 6.45) is 9.09. The third-order valence-corrected chi connectivity index (χ3v) is 6.90. The number of aliphatic hydroxyl groups is 1. The highest BCUT2D eigenvalue weighted by Crippen LogP contribution is 2.38. The lowest BCUT2D eigenvalue weighted by Crippen LogP contribution is -2.57. The van der Waals surface area contributed by atoms with Crippen LogP contribution in [0.2, 0.25) is 0 Å². The van der Waals surface area contributed by atoms with E-state index in [2.05, 4.69) is 20.5 Å². The van der Waals surface area contributed by atoms with Crippen LogP contribution in [0.1, 0.15) is 48.9 Å². The number of aromatic nitrogens is 1. The SMILES string of the molecule is O=C(c1ccncc1)N1CCC(N[C@@H]2CN3CCCC[C@@]3(C(=O)NCCO)C2)CC1. The Balaban J connectivity index is 1.31. The van der Waals surface area contributed by atoms with Crippen LogP contribution in [0.5, 0.6) is 0 Å². The molecule has 2 amide bonds. The van der Waals surface area contributed by atoms with Crippen LogP contribution in [0, 0.1) is 0 Å². The van der Waals surface area contributed by atoms with Gasteiger partial charge in [-0.2, -0.15) is 0 Å². The number of amides is 2. The third-order valence-electron chi connectivity index (χ3n) is 6.90. The predicted octanol–water partition coefficient (Wildman–Crippen LogP) is 0.381. The first-order chi connectivity index (χ1) is 14.6. The summed E-state index contributed by atoms with van der Waals surface area (Å²) in [5.41, 5.74) is 0.267. The van der Waals surface area contributed by atoms with Crippen molar-refractivity contribution in [3.63, 3.8) is 0 Å². The maximum atomic E-state index is 12.9. The Bertz CT molecular complexity index is 738. The molecule has 1 aromatic rings. The average Bonchev–Trinajstić information content (AvgIpc) is 3.17. The average molecular weight is 416 g/mol. The molecule has 0 radical (unpaired) electrons. The fraction of sp³-hybridized carbons (Fsp3) is 0.682. The standard InChI is InChI=1S/C22H33N5O3/c28-14-10-24-21(30)22-7-1-2-11-27(22)16-19(15-22)25-18-5-12-26(13-6-18)20(29)17-3-8-23-9-4-17/h3-4,8-9,18-19,25,28H,1-2,5-7,10-16H2,(H,24,30)/t19-,22-/m0/s1. The minimum absolute atomic E-state index is 0.0275. The number of aliphatic hydroxyl groups excluding tert-OH is 1. The zero-order valence-corrected chi connectivity index (χ0v) is 17.6. The highest BCUT2D eigenvalue weighted by atomic mass is 16.3. The summed E-state index contributed by atoms with van der Waals surface area (Å²) in [6.45, 7) is 3.64. The van der Waals surface area contributed by atoms with Gasteiger partial charge in [0.2, 0.25) is 5.91 Å². The Hall–Kier alpha value is -2.03. The van der Waals surface area contributed by atoms with Crippen LogP contribution in [0.3, 0.4) is 0 Å². The highest BCUT2D eigenvalue weighted by molar-refractivity contribution is 5.94. The molecule has 0 bridgehead atoms. The van der Waals surface area contributed by atoms with Crippen LogP contribution >= 0.6 is 0 Å². The number of likely N-dealkylation sites (tertiary alicyclic amines) is 1. The van der Waals surface area contributed by atoms with E-state index in [4.69, 9.17) is 5.11 Å². The molecule has 3 aliphatic heterocycles. The minimum Gasteiger partial charge on any atom is -0.395 e. The van der Waals surface area contributed by atoms with Gasteiger partial charge >= 0.3 is 0 Å². The Kier molecular flexibility index (Phi) is 6.65. The summed E-state index contributed by atoms with van der Waals surface area (Å²) >= 11 is 0. The summed E-state index contributed by atoms with van der Waals surface area (Å²) in [5.74, 6) is 0.145. The lowest BCUT2D eigenvalue weighted by Gasteiger charge is -2.40. The van der Waals surface area contributed by atoms with E-state index in [0.29, 0.717) is 18.2 Å². The molecule has 0 unspecified atom stereocenters. The molecule has 8 heteroatoms. The highest BCUT2D eigenvalue weighted by Gasteiger charge is 2.51. The van der Waals surface area contributed by atoms with Crippen LogP contribution < -0.4 is 10.6 Å². The second-order valence-corrected chi connectivity index (χ2v) is 8.78. The fourth-order valence-electron chi connectivity index (χ4n) is 5.38. The molecule has 30 heavy (non-hydrogen) atoms. The summed E-state index contributed by atoms with van der Waals surface area (Å²) in [5, 5.41) is 15.8. The second-order valence-electron chi connectivity index (χ2n) is 8.78. The molecule has 0 saturated carbocycles. The zero-order valence-electron chi connectivity index (χ0n) is 17.6. The number of piperidine rings is 2. The molecule has 3 saturated heterocycles. The van der Waals surface area contributed by atoms with Gasteiger partial charge in [0.15, 0.2) is 0 Å². The van der Waals surface area contributed by atoms with E-state index in [9.17, 15) is 9.59 Å². The van der Waals surface area contributed by atoms with Crippen molar-refractivity contribution in [1.29, 1.82) is 0 Å². The largest absolute Gasteiger partial charge is 0.395 e. The Labute approximate surface area is 178 Å². The lowest BCUT2D eigenvalue weighted by atomic mass is 9.84. The van der Waals surface area contributed by atoms with Gasteiger partial charge in [0.05, 0.1) is 6.61 Å². The van der Waals surface area contributed by atoms with Gasteiger partial charge < -0.3 is 20.6 Å². The molecule has 0 spiro atoms. The predicted molar refractivity (Wildman–Crippen MR) is 113 cm³/mol. The van der Waals surface area contributed by atoms with Gasteiger partial charge in [-0.25, -0.2) is 0 Å². The van der Waals surface area contributed by atoms with Crippen molar-refractivity contribution in [2.75, 3.05) is 39.3 Å². The smallest absolute Gasteiger partial charge is 0.253 e. The van der Waals surface area contributed by atoms with Crippen molar-refractivity contribution in [2.45, 2.75) is 56.1 Å². The van der Waals surface area contributed by atoms with Crippen LogP contribution in [0.4, 0.5) is 0 Å². The fourth-order valence-corrected chi connectivity index (χ4v) is 5.38. The Morgan fingerprint density at radius 3 is 2.63 bits per heavy atom. The molecular weight excluding hydrogens is 382 g/mol. The molecule has 3 N–H and O–H groups in total. The van der Waals surface area contributed by atoms with Crippen molar-refractivity contribution in [3.05, 3.63) is 30.1 Å². The normalized spacial score (nSPS) is 27.6. The van der Waals surface area contributed by atoms with E-state index >= 15 is 0 Å². The van der Waals surface area contributed by atoms with Gasteiger partial charge in [-0.05, 0) is 57.2 Å². The van der Waals surface area contributed by atoms with Crippen LogP contribution in [0.25, 0.3) is 0 Å². The van der Waals surface area contributed by atoms with E-state index in [1.54, 1.807) is 24.5 Å². The summed E-state index contributed by atoms with van der Waals surface area (Å²) in [7, 11) is 0. The molecule has 2 atom stereocenters. The van der Waals surface area contributed by atoms with E-state index in [1.807, 2.05) is 4.90 Å². The summed E-state index contributed by atoms with van der Waals surface area (Å²) in [6, 6.07) is 4.19. The van der Waals surface area contributed by atoms with E-state index in [0.717, 1.165) is 64.7 Å². The van der Waals surface area contributed by atoms with Crippen LogP contribution in [-0.4, -0.2) is 88.7 Å². The maximum Gasteiger partial charge on any atom is 0.253 e. The van der Waals surface area contributed by atoms with Crippen molar-refractivity contribution in [1.82, 2.24) is 25.4 Å². The quantitative estimate of drug-likeness (QED) is 0.622. The molecule has 4 rings (SSSR count). The number of nitrogens with zero attached hydrogens (tertiary/aromatic N) is 3. The molecule has 0 aromatic carbocycles. The van der Waals surface area contributed by atoms with Crippen molar-refractivity contribution >= 4 is 11.8 Å². The maximum absolute atomic E-state index is 12.9. The van der Waals surface area contributed by atoms with E-state index in [-0.39, 0.29) is 24.5 Å². The number of carbonyl (C=O) groups excluding carboxylic acids is 2. The molecule has 1 aromatic heterocycles. The first-order valence-electron chi connectivity index (χ1n) is 11.2. The summed E-state index contributed by atoms with van der Waals surface area (Å²) in [4.78, 5) is 33.8. The third kappa shape index (κ3) is 4.36. The first kappa shape index (κ1) is 21.2. The van der Waals surface area contributed by atoms with Crippen LogP contribution in [0.15, 0.2) is 24.5 Å². The molecule has 3 fully saturated rings.